The van der Waals surface area contributed by atoms with Crippen LogP contribution in [0, 0.1) is 5.41 Å². The van der Waals surface area contributed by atoms with Gasteiger partial charge in [0, 0.05) is 50.1 Å². The number of rotatable bonds is 6. The molecule has 30 heavy (non-hydrogen) atoms. The molecule has 2 amide bonds. The van der Waals surface area contributed by atoms with E-state index in [0.717, 1.165) is 17.0 Å². The maximum absolute atomic E-state index is 12.8. The summed E-state index contributed by atoms with van der Waals surface area (Å²) in [6.45, 7) is 0.873. The van der Waals surface area contributed by atoms with Crippen LogP contribution in [0.25, 0.3) is 11.3 Å². The molecule has 0 unspecified atom stereocenters. The van der Waals surface area contributed by atoms with Crippen molar-refractivity contribution in [2.24, 2.45) is 5.41 Å². The van der Waals surface area contributed by atoms with Crippen molar-refractivity contribution < 1.29 is 14.1 Å². The SMILES string of the molecule is CNC(=O)[C@@]1(Cc2cc(-c3ccccc3)no2)CCN(C(=O)Cc2ccccn2)C1. The maximum Gasteiger partial charge on any atom is 0.228 e. The van der Waals surface area contributed by atoms with E-state index in [9.17, 15) is 9.59 Å². The molecule has 3 heterocycles. The van der Waals surface area contributed by atoms with E-state index in [1.165, 1.54) is 0 Å². The Balaban J connectivity index is 1.50. The van der Waals surface area contributed by atoms with Gasteiger partial charge in [0.05, 0.1) is 11.8 Å². The molecule has 4 rings (SSSR count). The fraction of sp³-hybridized carbons (Fsp3) is 0.304. The van der Waals surface area contributed by atoms with Gasteiger partial charge in [-0.3, -0.25) is 14.6 Å². The summed E-state index contributed by atoms with van der Waals surface area (Å²) in [6, 6.07) is 17.1. The third-order valence-corrected chi connectivity index (χ3v) is 5.61. The molecule has 0 bridgehead atoms. The largest absolute Gasteiger partial charge is 0.361 e. The second kappa shape index (κ2) is 8.49. The summed E-state index contributed by atoms with van der Waals surface area (Å²) in [4.78, 5) is 31.6. The highest BCUT2D eigenvalue weighted by molar-refractivity contribution is 5.86. The van der Waals surface area contributed by atoms with Crippen molar-refractivity contribution in [2.75, 3.05) is 20.1 Å². The molecule has 2 aromatic heterocycles. The van der Waals surface area contributed by atoms with Crippen LogP contribution in [-0.2, 0) is 22.4 Å². The highest BCUT2D eigenvalue weighted by Gasteiger charge is 2.46. The highest BCUT2D eigenvalue weighted by Crippen LogP contribution is 2.36. The van der Waals surface area contributed by atoms with Gasteiger partial charge >= 0.3 is 0 Å². The third kappa shape index (κ3) is 4.10. The first kappa shape index (κ1) is 19.8. The third-order valence-electron chi connectivity index (χ3n) is 5.61. The number of carbonyl (C=O) groups is 2. The van der Waals surface area contributed by atoms with E-state index in [4.69, 9.17) is 4.52 Å². The average Bonchev–Trinajstić information content (AvgIpc) is 3.43. The minimum atomic E-state index is -0.734. The molecule has 3 aromatic rings. The molecular weight excluding hydrogens is 380 g/mol. The topological polar surface area (TPSA) is 88.3 Å². The zero-order valence-electron chi connectivity index (χ0n) is 16.9. The number of amides is 2. The number of pyridine rings is 1. The lowest BCUT2D eigenvalue weighted by Gasteiger charge is -2.26. The number of hydrogen-bond acceptors (Lipinski definition) is 5. The van der Waals surface area contributed by atoms with E-state index < -0.39 is 5.41 Å². The van der Waals surface area contributed by atoms with Crippen molar-refractivity contribution in [1.82, 2.24) is 20.4 Å². The second-order valence-electron chi connectivity index (χ2n) is 7.64. The summed E-state index contributed by atoms with van der Waals surface area (Å²) in [5.41, 5.74) is 1.68. The van der Waals surface area contributed by atoms with Crippen LogP contribution in [-0.4, -0.2) is 47.0 Å². The smallest absolute Gasteiger partial charge is 0.228 e. The molecule has 1 N–H and O–H groups in total. The maximum atomic E-state index is 12.8. The van der Waals surface area contributed by atoms with Gasteiger partial charge in [-0.25, -0.2) is 0 Å². The molecule has 0 aliphatic carbocycles. The molecule has 0 spiro atoms. The lowest BCUT2D eigenvalue weighted by Crippen LogP contribution is -2.44. The van der Waals surface area contributed by atoms with E-state index in [-0.39, 0.29) is 18.2 Å². The zero-order chi connectivity index (χ0) is 21.0. The summed E-state index contributed by atoms with van der Waals surface area (Å²) in [7, 11) is 1.62. The van der Waals surface area contributed by atoms with Crippen LogP contribution in [0.5, 0.6) is 0 Å². The normalized spacial score (nSPS) is 18.4. The Bertz CT molecular complexity index is 1020. The van der Waals surface area contributed by atoms with Crippen LogP contribution in [0.2, 0.25) is 0 Å². The van der Waals surface area contributed by atoms with Crippen LogP contribution < -0.4 is 5.32 Å². The standard InChI is InChI=1S/C23H24N4O3/c1-24-22(29)23(15-19-14-20(26-30-19)17-7-3-2-4-8-17)10-12-27(16-23)21(28)13-18-9-5-6-11-25-18/h2-9,11,14H,10,12-13,15-16H2,1H3,(H,24,29)/t23-/m1/s1. The number of nitrogens with zero attached hydrogens (tertiary/aromatic N) is 3. The first-order valence-corrected chi connectivity index (χ1v) is 10.0. The van der Waals surface area contributed by atoms with Crippen LogP contribution in [0.15, 0.2) is 65.3 Å². The van der Waals surface area contributed by atoms with E-state index in [1.54, 1.807) is 18.1 Å². The summed E-state index contributed by atoms with van der Waals surface area (Å²) < 4.78 is 5.55. The van der Waals surface area contributed by atoms with Crippen molar-refractivity contribution in [3.8, 4) is 11.3 Å². The fourth-order valence-electron chi connectivity index (χ4n) is 4.00. The highest BCUT2D eigenvalue weighted by atomic mass is 16.5. The van der Waals surface area contributed by atoms with Gasteiger partial charge in [0.2, 0.25) is 11.8 Å². The summed E-state index contributed by atoms with van der Waals surface area (Å²) in [6.07, 6.45) is 2.86. The molecule has 1 aliphatic heterocycles. The molecule has 1 atom stereocenters. The van der Waals surface area contributed by atoms with Crippen LogP contribution >= 0.6 is 0 Å². The predicted octanol–water partition coefficient (Wildman–Crippen LogP) is 2.49. The van der Waals surface area contributed by atoms with Gasteiger partial charge in [-0.1, -0.05) is 41.6 Å². The lowest BCUT2D eigenvalue weighted by atomic mass is 9.81. The van der Waals surface area contributed by atoms with Gasteiger partial charge in [0.15, 0.2) is 0 Å². The summed E-state index contributed by atoms with van der Waals surface area (Å²) in [5, 5.41) is 6.92. The number of aromatic nitrogens is 2. The van der Waals surface area contributed by atoms with Crippen molar-refractivity contribution in [3.63, 3.8) is 0 Å². The Morgan fingerprint density at radius 1 is 1.17 bits per heavy atom. The number of benzene rings is 1. The van der Waals surface area contributed by atoms with Gasteiger partial charge in [-0.2, -0.15) is 0 Å². The molecule has 1 aliphatic rings. The lowest BCUT2D eigenvalue weighted by molar-refractivity contribution is -0.132. The van der Waals surface area contributed by atoms with Crippen molar-refractivity contribution >= 4 is 11.8 Å². The number of hydrogen-bond donors (Lipinski definition) is 1. The minimum absolute atomic E-state index is 0.0259. The summed E-state index contributed by atoms with van der Waals surface area (Å²) in [5.74, 6) is 0.520. The Morgan fingerprint density at radius 2 is 1.97 bits per heavy atom. The van der Waals surface area contributed by atoms with E-state index in [1.807, 2.05) is 54.6 Å². The molecule has 0 radical (unpaired) electrons. The molecule has 154 valence electrons. The van der Waals surface area contributed by atoms with Gasteiger partial charge in [-0.15, -0.1) is 0 Å². The Morgan fingerprint density at radius 3 is 2.70 bits per heavy atom. The van der Waals surface area contributed by atoms with Gasteiger partial charge in [0.1, 0.15) is 11.5 Å². The van der Waals surface area contributed by atoms with Crippen LogP contribution in [0.3, 0.4) is 0 Å². The Hall–Kier alpha value is -3.48. The number of likely N-dealkylation sites (tertiary alicyclic amines) is 1. The number of carbonyl (C=O) groups excluding carboxylic acids is 2. The molecule has 7 nitrogen and oxygen atoms in total. The average molecular weight is 404 g/mol. The van der Waals surface area contributed by atoms with Crippen molar-refractivity contribution in [3.05, 3.63) is 72.2 Å². The van der Waals surface area contributed by atoms with Gasteiger partial charge < -0.3 is 14.7 Å². The monoisotopic (exact) mass is 404 g/mol. The Kier molecular flexibility index (Phi) is 5.61. The molecule has 7 heteroatoms. The van der Waals surface area contributed by atoms with E-state index in [0.29, 0.717) is 31.7 Å². The summed E-state index contributed by atoms with van der Waals surface area (Å²) >= 11 is 0. The second-order valence-corrected chi connectivity index (χ2v) is 7.64. The van der Waals surface area contributed by atoms with Gasteiger partial charge in [0.25, 0.3) is 0 Å². The van der Waals surface area contributed by atoms with Gasteiger partial charge in [-0.05, 0) is 18.6 Å². The van der Waals surface area contributed by atoms with Crippen LogP contribution in [0.4, 0.5) is 0 Å². The molecule has 0 saturated carbocycles. The molecule has 1 aromatic carbocycles. The predicted molar refractivity (Wildman–Crippen MR) is 111 cm³/mol. The molecular formula is C23H24N4O3. The van der Waals surface area contributed by atoms with Crippen molar-refractivity contribution in [1.29, 1.82) is 0 Å². The van der Waals surface area contributed by atoms with E-state index >= 15 is 0 Å². The number of nitrogens with one attached hydrogen (secondary N) is 1. The molecule has 1 saturated heterocycles. The quantitative estimate of drug-likeness (QED) is 0.682. The first-order chi connectivity index (χ1) is 14.6. The Labute approximate surface area is 175 Å². The molecule has 1 fully saturated rings. The fourth-order valence-corrected chi connectivity index (χ4v) is 4.00. The van der Waals surface area contributed by atoms with E-state index in [2.05, 4.69) is 15.5 Å². The zero-order valence-corrected chi connectivity index (χ0v) is 16.9. The first-order valence-electron chi connectivity index (χ1n) is 10.0. The minimum Gasteiger partial charge on any atom is -0.361 e. The van der Waals surface area contributed by atoms with Crippen molar-refractivity contribution in [2.45, 2.75) is 19.3 Å². The van der Waals surface area contributed by atoms with Crippen LogP contribution in [0.1, 0.15) is 17.9 Å².